The summed E-state index contributed by atoms with van der Waals surface area (Å²) in [5.74, 6) is 0.338. The first-order chi connectivity index (χ1) is 16.1. The summed E-state index contributed by atoms with van der Waals surface area (Å²) in [6.45, 7) is 0. The van der Waals surface area contributed by atoms with Crippen LogP contribution in [-0.2, 0) is 12.8 Å². The number of anilines is 1. The fourth-order valence-corrected chi connectivity index (χ4v) is 5.91. The summed E-state index contributed by atoms with van der Waals surface area (Å²) < 4.78 is 3.33. The molecule has 0 unspecified atom stereocenters. The Morgan fingerprint density at radius 2 is 1.76 bits per heavy atom. The number of carbonyl (C=O) groups is 1. The first-order valence-electron chi connectivity index (χ1n) is 10.7. The number of amides is 1. The molecule has 3 aromatic heterocycles. The van der Waals surface area contributed by atoms with Gasteiger partial charge in [-0.2, -0.15) is 0 Å². The lowest BCUT2D eigenvalue weighted by Crippen LogP contribution is -2.23. The molecule has 1 N–H and O–H groups in total. The molecule has 3 heterocycles. The summed E-state index contributed by atoms with van der Waals surface area (Å²) >= 11 is 7.67. The van der Waals surface area contributed by atoms with E-state index in [1.165, 1.54) is 4.88 Å². The Labute approximate surface area is 197 Å². The van der Waals surface area contributed by atoms with Crippen molar-refractivity contribution in [2.24, 2.45) is 0 Å². The third-order valence-corrected chi connectivity index (χ3v) is 7.49. The SMILES string of the molecule is O=C(Nc1nnc2n(-c3ccc(Cl)cc3)c(=O)c3c4c(sc3n12)CCCC4)c1ccccc1. The molecule has 9 heteroatoms. The van der Waals surface area contributed by atoms with Crippen molar-refractivity contribution >= 4 is 50.8 Å². The van der Waals surface area contributed by atoms with Crippen LogP contribution in [0.5, 0.6) is 0 Å². The van der Waals surface area contributed by atoms with E-state index in [1.807, 2.05) is 6.07 Å². The van der Waals surface area contributed by atoms with Crippen LogP contribution in [0.1, 0.15) is 33.6 Å². The lowest BCUT2D eigenvalue weighted by atomic mass is 9.97. The number of thiophene rings is 1. The van der Waals surface area contributed by atoms with Gasteiger partial charge in [-0.15, -0.1) is 21.5 Å². The van der Waals surface area contributed by atoms with Crippen molar-refractivity contribution < 1.29 is 4.79 Å². The van der Waals surface area contributed by atoms with Crippen molar-refractivity contribution in [1.82, 2.24) is 19.2 Å². The van der Waals surface area contributed by atoms with E-state index in [0.29, 0.717) is 27.4 Å². The minimum absolute atomic E-state index is 0.132. The Morgan fingerprint density at radius 3 is 2.55 bits per heavy atom. The van der Waals surface area contributed by atoms with Gasteiger partial charge in [0.1, 0.15) is 4.83 Å². The number of rotatable bonds is 3. The van der Waals surface area contributed by atoms with Crippen molar-refractivity contribution in [3.05, 3.63) is 86.0 Å². The second kappa shape index (κ2) is 7.83. The highest BCUT2D eigenvalue weighted by molar-refractivity contribution is 7.19. The molecule has 2 aromatic carbocycles. The molecule has 1 aliphatic rings. The number of hydrogen-bond donors (Lipinski definition) is 1. The van der Waals surface area contributed by atoms with Crippen molar-refractivity contribution in [2.45, 2.75) is 25.7 Å². The monoisotopic (exact) mass is 475 g/mol. The first kappa shape index (κ1) is 20.1. The van der Waals surface area contributed by atoms with Gasteiger partial charge in [-0.3, -0.25) is 14.9 Å². The molecule has 0 saturated carbocycles. The molecule has 0 atom stereocenters. The molecule has 7 nitrogen and oxygen atoms in total. The Kier molecular flexibility index (Phi) is 4.78. The lowest BCUT2D eigenvalue weighted by Gasteiger charge is -2.12. The molecule has 0 bridgehead atoms. The van der Waals surface area contributed by atoms with Gasteiger partial charge in [0.2, 0.25) is 11.7 Å². The fourth-order valence-electron chi connectivity index (χ4n) is 4.41. The number of aryl methyl sites for hydroxylation is 2. The second-order valence-corrected chi connectivity index (χ2v) is 9.51. The number of aromatic nitrogens is 4. The largest absolute Gasteiger partial charge is 0.290 e. The van der Waals surface area contributed by atoms with Crippen LogP contribution in [0.15, 0.2) is 59.4 Å². The van der Waals surface area contributed by atoms with Gasteiger partial charge in [-0.1, -0.05) is 29.8 Å². The highest BCUT2D eigenvalue weighted by Crippen LogP contribution is 2.36. The summed E-state index contributed by atoms with van der Waals surface area (Å²) in [5.41, 5.74) is 2.12. The van der Waals surface area contributed by atoms with Gasteiger partial charge in [-0.25, -0.2) is 8.97 Å². The molecule has 0 aliphatic heterocycles. The predicted octanol–water partition coefficient (Wildman–Crippen LogP) is 4.88. The van der Waals surface area contributed by atoms with E-state index < -0.39 is 0 Å². The Morgan fingerprint density at radius 1 is 1.00 bits per heavy atom. The topological polar surface area (TPSA) is 81.3 Å². The zero-order valence-corrected chi connectivity index (χ0v) is 19.0. The zero-order chi connectivity index (χ0) is 22.5. The number of carbonyl (C=O) groups excluding carboxylic acids is 1. The van der Waals surface area contributed by atoms with E-state index in [1.54, 1.807) is 68.8 Å². The maximum absolute atomic E-state index is 13.8. The fraction of sp³-hybridized carbons (Fsp3) is 0.167. The van der Waals surface area contributed by atoms with Gasteiger partial charge in [0.25, 0.3) is 11.5 Å². The summed E-state index contributed by atoms with van der Waals surface area (Å²) in [5, 5.41) is 12.7. The van der Waals surface area contributed by atoms with Crippen LogP contribution in [0.4, 0.5) is 5.95 Å². The average molecular weight is 476 g/mol. The average Bonchev–Trinajstić information content (AvgIpc) is 3.42. The molecule has 0 fully saturated rings. The van der Waals surface area contributed by atoms with Gasteiger partial charge in [0.05, 0.1) is 11.1 Å². The number of nitrogens with zero attached hydrogens (tertiary/aromatic N) is 4. The third-order valence-electron chi connectivity index (χ3n) is 5.96. The number of hydrogen-bond acceptors (Lipinski definition) is 5. The summed E-state index contributed by atoms with van der Waals surface area (Å²) in [6, 6.07) is 16.0. The minimum atomic E-state index is -0.288. The molecular formula is C24H18ClN5O2S. The van der Waals surface area contributed by atoms with E-state index in [-0.39, 0.29) is 17.4 Å². The molecule has 164 valence electrons. The maximum Gasteiger partial charge on any atom is 0.268 e. The van der Waals surface area contributed by atoms with Crippen LogP contribution < -0.4 is 10.9 Å². The molecule has 1 aliphatic carbocycles. The van der Waals surface area contributed by atoms with Crippen LogP contribution in [0.25, 0.3) is 21.7 Å². The summed E-state index contributed by atoms with van der Waals surface area (Å²) in [6.07, 6.45) is 3.97. The smallest absolute Gasteiger partial charge is 0.268 e. The van der Waals surface area contributed by atoms with Crippen molar-refractivity contribution in [1.29, 1.82) is 0 Å². The number of benzene rings is 2. The molecule has 33 heavy (non-hydrogen) atoms. The molecular weight excluding hydrogens is 458 g/mol. The van der Waals surface area contributed by atoms with Crippen molar-refractivity contribution in [2.75, 3.05) is 5.32 Å². The van der Waals surface area contributed by atoms with Gasteiger partial charge in [-0.05, 0) is 67.6 Å². The van der Waals surface area contributed by atoms with Gasteiger partial charge < -0.3 is 0 Å². The Bertz CT molecular complexity index is 1590. The lowest BCUT2D eigenvalue weighted by molar-refractivity contribution is 0.102. The van der Waals surface area contributed by atoms with Crippen LogP contribution in [0.3, 0.4) is 0 Å². The van der Waals surface area contributed by atoms with Crippen molar-refractivity contribution in [3.8, 4) is 5.69 Å². The molecule has 5 aromatic rings. The van der Waals surface area contributed by atoms with E-state index in [2.05, 4.69) is 15.5 Å². The van der Waals surface area contributed by atoms with Crippen LogP contribution in [0, 0.1) is 0 Å². The van der Waals surface area contributed by atoms with E-state index >= 15 is 0 Å². The molecule has 0 radical (unpaired) electrons. The summed E-state index contributed by atoms with van der Waals surface area (Å²) in [4.78, 5) is 28.6. The number of halogens is 1. The Balaban J connectivity index is 1.63. The highest BCUT2D eigenvalue weighted by Gasteiger charge is 2.26. The Hall–Kier alpha value is -3.49. The summed E-state index contributed by atoms with van der Waals surface area (Å²) in [7, 11) is 0. The van der Waals surface area contributed by atoms with Gasteiger partial charge in [0.15, 0.2) is 0 Å². The quantitative estimate of drug-likeness (QED) is 0.403. The van der Waals surface area contributed by atoms with E-state index in [0.717, 1.165) is 36.1 Å². The van der Waals surface area contributed by atoms with E-state index in [4.69, 9.17) is 11.6 Å². The standard InChI is InChI=1S/C24H18ClN5O2S/c25-15-10-12-16(13-11-15)29-21(32)19-17-8-4-5-9-18(17)33-22(19)30-23(27-28-24(29)30)26-20(31)14-6-2-1-3-7-14/h1-3,6-7,10-13H,4-5,8-9H2,(H,26,27,31). The molecule has 6 rings (SSSR count). The molecule has 0 saturated heterocycles. The third kappa shape index (κ3) is 3.25. The maximum atomic E-state index is 13.8. The highest BCUT2D eigenvalue weighted by atomic mass is 35.5. The molecule has 0 spiro atoms. The minimum Gasteiger partial charge on any atom is -0.290 e. The first-order valence-corrected chi connectivity index (χ1v) is 11.9. The normalized spacial score (nSPS) is 13.4. The number of nitrogens with one attached hydrogen (secondary N) is 1. The molecule has 1 amide bonds. The van der Waals surface area contributed by atoms with Crippen LogP contribution in [0.2, 0.25) is 5.02 Å². The number of fused-ring (bicyclic) bond motifs is 5. The second-order valence-electron chi connectivity index (χ2n) is 7.99. The zero-order valence-electron chi connectivity index (χ0n) is 17.4. The van der Waals surface area contributed by atoms with Crippen molar-refractivity contribution in [3.63, 3.8) is 0 Å². The van der Waals surface area contributed by atoms with Crippen LogP contribution >= 0.6 is 22.9 Å². The van der Waals surface area contributed by atoms with Gasteiger partial charge >= 0.3 is 0 Å². The predicted molar refractivity (Wildman–Crippen MR) is 130 cm³/mol. The van der Waals surface area contributed by atoms with Crippen LogP contribution in [-0.4, -0.2) is 25.1 Å². The van der Waals surface area contributed by atoms with E-state index in [9.17, 15) is 9.59 Å². The van der Waals surface area contributed by atoms with Gasteiger partial charge in [0, 0.05) is 15.5 Å².